The first-order valence-electron chi connectivity index (χ1n) is 5.29. The van der Waals surface area contributed by atoms with E-state index in [-0.39, 0.29) is 0 Å². The quantitative estimate of drug-likeness (QED) is 0.422. The second-order valence-corrected chi connectivity index (χ2v) is 7.17. The van der Waals surface area contributed by atoms with Gasteiger partial charge in [0, 0.05) is 12.7 Å². The molecule has 0 aliphatic rings. The number of isothiocyanates is 1. The van der Waals surface area contributed by atoms with Crippen LogP contribution in [0.5, 0.6) is 0 Å². The number of halogens is 5. The molecule has 0 heterocycles. The minimum atomic E-state index is -1.85. The normalized spacial score (nSPS) is 12.3. The van der Waals surface area contributed by atoms with E-state index in [2.05, 4.69) is 27.7 Å². The van der Waals surface area contributed by atoms with Gasteiger partial charge in [0.05, 0.1) is 15.2 Å². The standard InChI is InChI=1S/C11H8Cl5N3OS/c1-19(9(17-5-21)11(14,15)16)10(20)18-6-2-3-7(12)8(13)4-6/h2-4,9H,1H3,(H,18,20). The van der Waals surface area contributed by atoms with Crippen molar-refractivity contribution >= 4 is 87.1 Å². The minimum absolute atomic E-state index is 0.298. The maximum absolute atomic E-state index is 12.1. The molecule has 0 bridgehead atoms. The van der Waals surface area contributed by atoms with Crippen LogP contribution >= 0.6 is 70.2 Å². The Labute approximate surface area is 151 Å². The Hall–Kier alpha value is -0.260. The number of urea groups is 1. The van der Waals surface area contributed by atoms with Crippen LogP contribution in [0, 0.1) is 0 Å². The van der Waals surface area contributed by atoms with Crippen molar-refractivity contribution in [2.75, 3.05) is 12.4 Å². The van der Waals surface area contributed by atoms with Crippen molar-refractivity contribution in [3.63, 3.8) is 0 Å². The highest BCUT2D eigenvalue weighted by molar-refractivity contribution is 7.78. The lowest BCUT2D eigenvalue weighted by atomic mass is 10.3. The molecule has 1 aromatic rings. The number of amides is 2. The van der Waals surface area contributed by atoms with Crippen molar-refractivity contribution < 1.29 is 4.79 Å². The second kappa shape index (κ2) is 7.84. The first-order chi connectivity index (χ1) is 9.66. The molecule has 4 nitrogen and oxygen atoms in total. The molecular formula is C11H8Cl5N3OS. The van der Waals surface area contributed by atoms with Crippen LogP contribution in [0.15, 0.2) is 23.2 Å². The fraction of sp³-hybridized carbons (Fsp3) is 0.273. The number of hydrogen-bond donors (Lipinski definition) is 1. The summed E-state index contributed by atoms with van der Waals surface area (Å²) in [4.78, 5) is 16.9. The maximum Gasteiger partial charge on any atom is 0.323 e. The van der Waals surface area contributed by atoms with E-state index < -0.39 is 16.0 Å². The molecule has 2 amide bonds. The highest BCUT2D eigenvalue weighted by Crippen LogP contribution is 2.34. The zero-order chi connectivity index (χ0) is 16.2. The summed E-state index contributed by atoms with van der Waals surface area (Å²) in [7, 11) is 1.40. The molecule has 0 aliphatic carbocycles. The fourth-order valence-corrected chi connectivity index (χ4v) is 2.31. The molecule has 0 saturated heterocycles. The zero-order valence-electron chi connectivity index (χ0n) is 10.4. The number of benzene rings is 1. The molecule has 1 N–H and O–H groups in total. The molecule has 0 aromatic heterocycles. The fourth-order valence-electron chi connectivity index (χ4n) is 1.33. The smallest absolute Gasteiger partial charge is 0.308 e. The van der Waals surface area contributed by atoms with E-state index in [1.165, 1.54) is 13.1 Å². The van der Waals surface area contributed by atoms with Gasteiger partial charge in [0.15, 0.2) is 6.17 Å². The molecule has 1 aromatic carbocycles. The van der Waals surface area contributed by atoms with Gasteiger partial charge in [-0.25, -0.2) is 9.79 Å². The number of anilines is 1. The van der Waals surface area contributed by atoms with Crippen molar-refractivity contribution in [1.29, 1.82) is 0 Å². The lowest BCUT2D eigenvalue weighted by Crippen LogP contribution is -2.45. The Morgan fingerprint density at radius 1 is 1.38 bits per heavy atom. The van der Waals surface area contributed by atoms with Crippen LogP contribution < -0.4 is 5.32 Å². The average Bonchev–Trinajstić information content (AvgIpc) is 2.38. The molecule has 21 heavy (non-hydrogen) atoms. The van der Waals surface area contributed by atoms with E-state index in [4.69, 9.17) is 58.0 Å². The van der Waals surface area contributed by atoms with Gasteiger partial charge in [-0.2, -0.15) is 0 Å². The van der Waals surface area contributed by atoms with Gasteiger partial charge >= 0.3 is 6.03 Å². The molecule has 10 heteroatoms. The average molecular weight is 408 g/mol. The number of thiocarbonyl (C=S) groups is 1. The van der Waals surface area contributed by atoms with E-state index in [0.717, 1.165) is 4.90 Å². The Morgan fingerprint density at radius 3 is 2.48 bits per heavy atom. The summed E-state index contributed by atoms with van der Waals surface area (Å²) in [5.74, 6) is 0. The molecule has 0 saturated carbocycles. The number of carbonyl (C=O) groups is 1. The highest BCUT2D eigenvalue weighted by atomic mass is 35.6. The largest absolute Gasteiger partial charge is 0.323 e. The van der Waals surface area contributed by atoms with Crippen LogP contribution in [0.3, 0.4) is 0 Å². The van der Waals surface area contributed by atoms with E-state index in [0.29, 0.717) is 15.7 Å². The van der Waals surface area contributed by atoms with Crippen LogP contribution in [0.2, 0.25) is 10.0 Å². The van der Waals surface area contributed by atoms with Gasteiger partial charge in [0.2, 0.25) is 3.79 Å². The highest BCUT2D eigenvalue weighted by Gasteiger charge is 2.38. The van der Waals surface area contributed by atoms with Gasteiger partial charge in [-0.05, 0) is 30.4 Å². The summed E-state index contributed by atoms with van der Waals surface area (Å²) in [5, 5.41) is 5.32. The van der Waals surface area contributed by atoms with Crippen molar-refractivity contribution in [2.24, 2.45) is 4.99 Å². The molecular weight excluding hydrogens is 399 g/mol. The van der Waals surface area contributed by atoms with E-state index >= 15 is 0 Å². The maximum atomic E-state index is 12.1. The van der Waals surface area contributed by atoms with Gasteiger partial charge in [-0.3, -0.25) is 0 Å². The molecule has 0 aliphatic heterocycles. The van der Waals surface area contributed by atoms with Crippen LogP contribution in [-0.4, -0.2) is 33.1 Å². The van der Waals surface area contributed by atoms with Crippen LogP contribution in [0.25, 0.3) is 0 Å². The lowest BCUT2D eigenvalue weighted by molar-refractivity contribution is 0.206. The first-order valence-corrected chi connectivity index (χ1v) is 7.59. The van der Waals surface area contributed by atoms with Crippen LogP contribution in [0.4, 0.5) is 10.5 Å². The number of nitrogens with one attached hydrogen (secondary N) is 1. The second-order valence-electron chi connectivity index (χ2n) is 3.81. The van der Waals surface area contributed by atoms with Crippen molar-refractivity contribution in [3.05, 3.63) is 28.2 Å². The summed E-state index contributed by atoms with van der Waals surface area (Å²) in [5.41, 5.74) is 0.427. The van der Waals surface area contributed by atoms with Gasteiger partial charge < -0.3 is 10.2 Å². The van der Waals surface area contributed by atoms with Gasteiger partial charge in [-0.1, -0.05) is 58.0 Å². The number of aliphatic imine (C=N–C) groups is 1. The number of nitrogens with zero attached hydrogens (tertiary/aromatic N) is 2. The summed E-state index contributed by atoms with van der Waals surface area (Å²) >= 11 is 33.4. The van der Waals surface area contributed by atoms with Gasteiger partial charge in [-0.15, -0.1) is 0 Å². The summed E-state index contributed by atoms with van der Waals surface area (Å²) in [6.45, 7) is 0. The number of alkyl halides is 3. The van der Waals surface area contributed by atoms with Gasteiger partial charge in [0.25, 0.3) is 0 Å². The Kier molecular flexibility index (Phi) is 7.01. The number of hydrogen-bond acceptors (Lipinski definition) is 3. The van der Waals surface area contributed by atoms with E-state index in [1.807, 2.05) is 0 Å². The SMILES string of the molecule is CN(C(=O)Nc1ccc(Cl)c(Cl)c1)C(N=C=S)C(Cl)(Cl)Cl. The molecule has 0 fully saturated rings. The monoisotopic (exact) mass is 405 g/mol. The zero-order valence-corrected chi connectivity index (χ0v) is 15.0. The van der Waals surface area contributed by atoms with E-state index in [1.54, 1.807) is 12.1 Å². The predicted octanol–water partition coefficient (Wildman–Crippen LogP) is 5.26. The summed E-state index contributed by atoms with van der Waals surface area (Å²) in [6, 6.07) is 4.04. The molecule has 1 atom stereocenters. The van der Waals surface area contributed by atoms with Crippen LogP contribution in [-0.2, 0) is 0 Å². The summed E-state index contributed by atoms with van der Waals surface area (Å²) < 4.78 is -1.85. The van der Waals surface area contributed by atoms with Crippen LogP contribution in [0.1, 0.15) is 0 Å². The Bertz CT molecular complexity index is 586. The Morgan fingerprint density at radius 2 is 2.00 bits per heavy atom. The topological polar surface area (TPSA) is 44.7 Å². The number of rotatable bonds is 3. The van der Waals surface area contributed by atoms with Gasteiger partial charge in [0.1, 0.15) is 0 Å². The van der Waals surface area contributed by atoms with Crippen molar-refractivity contribution in [1.82, 2.24) is 4.90 Å². The van der Waals surface area contributed by atoms with Crippen molar-refractivity contribution in [3.8, 4) is 0 Å². The predicted molar refractivity (Wildman–Crippen MR) is 92.3 cm³/mol. The lowest BCUT2D eigenvalue weighted by Gasteiger charge is -2.29. The summed E-state index contributed by atoms with van der Waals surface area (Å²) in [6.07, 6.45) is -1.12. The molecule has 1 rings (SSSR count). The first kappa shape index (κ1) is 18.8. The third-order valence-corrected chi connectivity index (χ3v) is 3.76. The molecule has 114 valence electrons. The molecule has 1 unspecified atom stereocenters. The third kappa shape index (κ3) is 5.46. The van der Waals surface area contributed by atoms with Crippen molar-refractivity contribution in [2.45, 2.75) is 9.96 Å². The third-order valence-electron chi connectivity index (χ3n) is 2.33. The Balaban J connectivity index is 2.91. The number of carbonyl (C=O) groups excluding carboxylic acids is 1. The van der Waals surface area contributed by atoms with E-state index in [9.17, 15) is 4.79 Å². The minimum Gasteiger partial charge on any atom is -0.308 e. The molecule has 0 radical (unpaired) electrons. The molecule has 0 spiro atoms.